The number of halogens is 4. The summed E-state index contributed by atoms with van der Waals surface area (Å²) in [4.78, 5) is 29.5. The zero-order valence-corrected chi connectivity index (χ0v) is 17.5. The Morgan fingerprint density at radius 3 is 2.70 bits per heavy atom. The van der Waals surface area contributed by atoms with Gasteiger partial charge in [0.25, 0.3) is 11.5 Å². The number of aromatic amines is 1. The molecule has 1 aromatic heterocycles. The van der Waals surface area contributed by atoms with E-state index in [4.69, 9.17) is 11.5 Å². The lowest BCUT2D eigenvalue weighted by Gasteiger charge is -2.18. The van der Waals surface area contributed by atoms with Crippen LogP contribution in [-0.2, 0) is 12.7 Å². The number of likely N-dealkylation sites (tertiary alicyclic amines) is 1. The molecule has 11 heteroatoms. The molecule has 1 unspecified atom stereocenters. The van der Waals surface area contributed by atoms with Gasteiger partial charge in [-0.1, -0.05) is 0 Å². The zero-order valence-electron chi connectivity index (χ0n) is 17.5. The summed E-state index contributed by atoms with van der Waals surface area (Å²) in [6, 6.07) is 4.08. The second kappa shape index (κ2) is 9.90. The first-order valence-corrected chi connectivity index (χ1v) is 10.0. The maximum Gasteiger partial charge on any atom is 0.416 e. The summed E-state index contributed by atoms with van der Waals surface area (Å²) >= 11 is 0. The van der Waals surface area contributed by atoms with Crippen LogP contribution in [0.4, 0.5) is 17.6 Å². The third kappa shape index (κ3) is 5.80. The molecule has 0 aliphatic carbocycles. The quantitative estimate of drug-likeness (QED) is 0.386. The standard InChI is InChI=1S/C22H23F4N5O2/c23-16-8-13(7-15(9-16)22(24,25)26)11-31-6-3-14(12-31)18-2-5-29-20(32)19(18)21(33)30-17(10-28)1-4-27/h1-2,4-5,7-10,14H,3,6,11-12,27-28H2,(H,29,32)(H,30,33)/b4-1-,17-10+. The first-order valence-electron chi connectivity index (χ1n) is 10.0. The molecule has 1 amide bonds. The highest BCUT2D eigenvalue weighted by atomic mass is 19.4. The van der Waals surface area contributed by atoms with E-state index in [1.165, 1.54) is 18.5 Å². The number of rotatable bonds is 6. The Balaban J connectivity index is 1.80. The molecule has 0 saturated carbocycles. The van der Waals surface area contributed by atoms with Crippen molar-refractivity contribution in [2.75, 3.05) is 13.1 Å². The molecule has 1 saturated heterocycles. The second-order valence-electron chi connectivity index (χ2n) is 7.64. The summed E-state index contributed by atoms with van der Waals surface area (Å²) in [5.41, 5.74) is 9.95. The minimum Gasteiger partial charge on any atom is -0.405 e. The first kappa shape index (κ1) is 24.1. The van der Waals surface area contributed by atoms with E-state index in [1.807, 2.05) is 4.90 Å². The molecule has 0 bridgehead atoms. The normalized spacial score (nSPS) is 17.6. The van der Waals surface area contributed by atoms with Crippen LogP contribution < -0.4 is 22.3 Å². The van der Waals surface area contributed by atoms with Crippen molar-refractivity contribution in [3.63, 3.8) is 0 Å². The summed E-state index contributed by atoms with van der Waals surface area (Å²) in [5, 5.41) is 2.51. The highest BCUT2D eigenvalue weighted by molar-refractivity contribution is 5.96. The fraction of sp³-hybridized carbons (Fsp3) is 0.273. The molecule has 1 aliphatic heterocycles. The van der Waals surface area contributed by atoms with Crippen LogP contribution in [-0.4, -0.2) is 28.9 Å². The predicted octanol–water partition coefficient (Wildman–Crippen LogP) is 2.52. The third-order valence-electron chi connectivity index (χ3n) is 5.34. The lowest BCUT2D eigenvalue weighted by Crippen LogP contribution is -2.31. The van der Waals surface area contributed by atoms with Gasteiger partial charge in [-0.25, -0.2) is 4.39 Å². The number of nitrogens with zero attached hydrogens (tertiary/aromatic N) is 1. The second-order valence-corrected chi connectivity index (χ2v) is 7.64. The van der Waals surface area contributed by atoms with E-state index in [2.05, 4.69) is 10.3 Å². The largest absolute Gasteiger partial charge is 0.416 e. The van der Waals surface area contributed by atoms with Crippen molar-refractivity contribution in [1.29, 1.82) is 0 Å². The molecule has 6 N–H and O–H groups in total. The fourth-order valence-electron chi connectivity index (χ4n) is 3.90. The summed E-state index contributed by atoms with van der Waals surface area (Å²) in [5.74, 6) is -1.85. The maximum absolute atomic E-state index is 13.7. The minimum absolute atomic E-state index is 0.0840. The van der Waals surface area contributed by atoms with E-state index in [-0.39, 0.29) is 29.3 Å². The number of hydrogen-bond donors (Lipinski definition) is 4. The van der Waals surface area contributed by atoms with Gasteiger partial charge in [-0.2, -0.15) is 13.2 Å². The topological polar surface area (TPSA) is 117 Å². The van der Waals surface area contributed by atoms with Gasteiger partial charge in [0.15, 0.2) is 0 Å². The van der Waals surface area contributed by atoms with Crippen molar-refractivity contribution in [2.24, 2.45) is 11.5 Å². The Labute approximate surface area is 186 Å². The number of carbonyl (C=O) groups is 1. The molecular formula is C22H23F4N5O2. The molecule has 1 atom stereocenters. The van der Waals surface area contributed by atoms with Gasteiger partial charge in [0.2, 0.25) is 0 Å². The summed E-state index contributed by atoms with van der Waals surface area (Å²) in [6.07, 6.45) is 1.02. The summed E-state index contributed by atoms with van der Waals surface area (Å²) < 4.78 is 52.7. The molecule has 176 valence electrons. The Hall–Kier alpha value is -3.60. The number of nitrogens with one attached hydrogen (secondary N) is 2. The highest BCUT2D eigenvalue weighted by Gasteiger charge is 2.32. The monoisotopic (exact) mass is 465 g/mol. The predicted molar refractivity (Wildman–Crippen MR) is 114 cm³/mol. The molecule has 1 aliphatic rings. The van der Waals surface area contributed by atoms with E-state index < -0.39 is 29.0 Å². The van der Waals surface area contributed by atoms with Crippen LogP contribution in [0, 0.1) is 5.82 Å². The Morgan fingerprint density at radius 1 is 1.27 bits per heavy atom. The molecule has 2 aromatic rings. The van der Waals surface area contributed by atoms with Crippen molar-refractivity contribution in [1.82, 2.24) is 15.2 Å². The molecule has 3 rings (SSSR count). The molecule has 0 radical (unpaired) electrons. The van der Waals surface area contributed by atoms with Crippen molar-refractivity contribution in [3.05, 3.63) is 93.1 Å². The molecule has 7 nitrogen and oxygen atoms in total. The highest BCUT2D eigenvalue weighted by Crippen LogP contribution is 2.32. The number of benzene rings is 1. The fourth-order valence-corrected chi connectivity index (χ4v) is 3.90. The van der Waals surface area contributed by atoms with E-state index in [1.54, 1.807) is 6.07 Å². The number of H-pyrrole nitrogens is 1. The molecule has 2 heterocycles. The summed E-state index contributed by atoms with van der Waals surface area (Å²) in [7, 11) is 0. The van der Waals surface area contributed by atoms with Crippen LogP contribution in [0.25, 0.3) is 0 Å². The van der Waals surface area contributed by atoms with Gasteiger partial charge in [-0.05, 0) is 66.6 Å². The van der Waals surface area contributed by atoms with Crippen molar-refractivity contribution in [3.8, 4) is 0 Å². The number of hydrogen-bond acceptors (Lipinski definition) is 5. The first-order chi connectivity index (χ1) is 15.6. The van der Waals surface area contributed by atoms with Gasteiger partial charge in [0.05, 0.1) is 11.3 Å². The van der Waals surface area contributed by atoms with Gasteiger partial charge in [-0.3, -0.25) is 14.5 Å². The van der Waals surface area contributed by atoms with Crippen molar-refractivity contribution in [2.45, 2.75) is 25.1 Å². The number of alkyl halides is 3. The molecule has 1 fully saturated rings. The van der Waals surface area contributed by atoms with Gasteiger partial charge in [0, 0.05) is 25.5 Å². The number of allylic oxidation sites excluding steroid dienone is 1. The number of amides is 1. The lowest BCUT2D eigenvalue weighted by atomic mass is 9.94. The average molecular weight is 465 g/mol. The summed E-state index contributed by atoms with van der Waals surface area (Å²) in [6.45, 7) is 0.980. The van der Waals surface area contributed by atoms with Crippen LogP contribution >= 0.6 is 0 Å². The number of carbonyl (C=O) groups excluding carboxylic acids is 1. The number of pyridine rings is 1. The Morgan fingerprint density at radius 2 is 2.03 bits per heavy atom. The van der Waals surface area contributed by atoms with Gasteiger partial charge in [-0.15, -0.1) is 0 Å². The van der Waals surface area contributed by atoms with Crippen molar-refractivity contribution < 1.29 is 22.4 Å². The molecule has 1 aromatic carbocycles. The van der Waals surface area contributed by atoms with Crippen LogP contribution in [0.3, 0.4) is 0 Å². The molecular weight excluding hydrogens is 442 g/mol. The Kier molecular flexibility index (Phi) is 7.22. The van der Waals surface area contributed by atoms with Crippen LogP contribution in [0.15, 0.2) is 59.4 Å². The lowest BCUT2D eigenvalue weighted by molar-refractivity contribution is -0.137. The van der Waals surface area contributed by atoms with Crippen LogP contribution in [0.2, 0.25) is 0 Å². The minimum atomic E-state index is -4.65. The number of aromatic nitrogens is 1. The smallest absolute Gasteiger partial charge is 0.405 e. The third-order valence-corrected chi connectivity index (χ3v) is 5.34. The van der Waals surface area contributed by atoms with E-state index in [0.717, 1.165) is 18.3 Å². The zero-order chi connectivity index (χ0) is 24.2. The number of nitrogens with two attached hydrogens (primary N) is 2. The van der Waals surface area contributed by atoms with E-state index >= 15 is 0 Å². The molecule has 0 spiro atoms. The van der Waals surface area contributed by atoms with Gasteiger partial charge in [0.1, 0.15) is 11.4 Å². The van der Waals surface area contributed by atoms with Crippen LogP contribution in [0.5, 0.6) is 0 Å². The molecule has 33 heavy (non-hydrogen) atoms. The Bertz CT molecular complexity index is 1140. The van der Waals surface area contributed by atoms with Crippen LogP contribution in [0.1, 0.15) is 39.4 Å². The van der Waals surface area contributed by atoms with E-state index in [9.17, 15) is 27.2 Å². The van der Waals surface area contributed by atoms with Gasteiger partial charge < -0.3 is 21.8 Å². The maximum atomic E-state index is 13.7. The SMILES string of the molecule is N/C=C\C(=C/N)NC(=O)c1c(C2CCN(Cc3cc(F)cc(C(F)(F)F)c3)C2)cc[nH]c1=O. The van der Waals surface area contributed by atoms with Crippen molar-refractivity contribution >= 4 is 5.91 Å². The van der Waals surface area contributed by atoms with Gasteiger partial charge >= 0.3 is 6.18 Å². The average Bonchev–Trinajstić information content (AvgIpc) is 3.20. The van der Waals surface area contributed by atoms with E-state index in [0.29, 0.717) is 31.1 Å².